The molecule has 0 N–H and O–H groups in total. The van der Waals surface area contributed by atoms with Gasteiger partial charge in [-0.15, -0.1) is 0 Å². The lowest BCUT2D eigenvalue weighted by atomic mass is 9.80. The SMILES string of the molecule is CCC[C@@H]1C[C@@H]2CCC[C@@H]3CCC[C@](C)(O1)N32. The van der Waals surface area contributed by atoms with E-state index in [9.17, 15) is 0 Å². The number of nitrogens with zero attached hydrogens (tertiary/aromatic N) is 1. The first-order valence-electron chi connectivity index (χ1n) is 7.69. The molecule has 0 aromatic carbocycles. The molecule has 0 amide bonds. The maximum atomic E-state index is 6.48. The summed E-state index contributed by atoms with van der Waals surface area (Å²) in [5.74, 6) is 0. The Morgan fingerprint density at radius 3 is 2.76 bits per heavy atom. The molecule has 3 rings (SSSR count). The van der Waals surface area contributed by atoms with Gasteiger partial charge in [0.15, 0.2) is 0 Å². The smallest absolute Gasteiger partial charge is 0.119 e. The highest BCUT2D eigenvalue weighted by Gasteiger charge is 2.50. The van der Waals surface area contributed by atoms with Crippen molar-refractivity contribution in [3.8, 4) is 0 Å². The third-order valence-corrected chi connectivity index (χ3v) is 5.15. The molecule has 0 aromatic rings. The van der Waals surface area contributed by atoms with Crippen molar-refractivity contribution in [2.24, 2.45) is 0 Å². The lowest BCUT2D eigenvalue weighted by Gasteiger charge is -2.59. The molecule has 0 bridgehead atoms. The summed E-state index contributed by atoms with van der Waals surface area (Å²) in [5, 5.41) is 0. The zero-order chi connectivity index (χ0) is 11.9. The molecular formula is C15H27NO. The number of hydrogen-bond donors (Lipinski definition) is 0. The van der Waals surface area contributed by atoms with Gasteiger partial charge in [-0.1, -0.05) is 19.8 Å². The van der Waals surface area contributed by atoms with Gasteiger partial charge in [0.25, 0.3) is 0 Å². The fourth-order valence-corrected chi connectivity index (χ4v) is 4.58. The molecule has 0 unspecified atom stereocenters. The van der Waals surface area contributed by atoms with Crippen molar-refractivity contribution < 1.29 is 4.74 Å². The fourth-order valence-electron chi connectivity index (χ4n) is 4.58. The second-order valence-corrected chi connectivity index (χ2v) is 6.48. The van der Waals surface area contributed by atoms with Crippen molar-refractivity contribution in [3.63, 3.8) is 0 Å². The summed E-state index contributed by atoms with van der Waals surface area (Å²) in [6.45, 7) is 4.64. The Bertz CT molecular complexity index is 278. The van der Waals surface area contributed by atoms with E-state index in [-0.39, 0.29) is 5.72 Å². The van der Waals surface area contributed by atoms with E-state index in [0.29, 0.717) is 6.10 Å². The molecule has 0 radical (unpaired) electrons. The first kappa shape index (κ1) is 12.0. The minimum atomic E-state index is 0.0755. The summed E-state index contributed by atoms with van der Waals surface area (Å²) < 4.78 is 6.48. The van der Waals surface area contributed by atoms with Crippen LogP contribution in [0.25, 0.3) is 0 Å². The highest BCUT2D eigenvalue weighted by atomic mass is 16.5. The van der Waals surface area contributed by atoms with Gasteiger partial charge in [-0.3, -0.25) is 4.90 Å². The van der Waals surface area contributed by atoms with Crippen molar-refractivity contribution in [1.82, 2.24) is 4.90 Å². The summed E-state index contributed by atoms with van der Waals surface area (Å²) in [5.41, 5.74) is 0.0755. The molecule has 0 saturated carbocycles. The largest absolute Gasteiger partial charge is 0.357 e. The van der Waals surface area contributed by atoms with E-state index < -0.39 is 0 Å². The quantitative estimate of drug-likeness (QED) is 0.726. The molecule has 2 nitrogen and oxygen atoms in total. The Morgan fingerprint density at radius 2 is 1.94 bits per heavy atom. The van der Waals surface area contributed by atoms with Crippen LogP contribution in [0.15, 0.2) is 0 Å². The van der Waals surface area contributed by atoms with Gasteiger partial charge in [0.2, 0.25) is 0 Å². The van der Waals surface area contributed by atoms with Crippen LogP contribution in [0.5, 0.6) is 0 Å². The zero-order valence-electron chi connectivity index (χ0n) is 11.5. The van der Waals surface area contributed by atoms with Crippen molar-refractivity contribution in [1.29, 1.82) is 0 Å². The molecule has 2 heteroatoms. The van der Waals surface area contributed by atoms with Crippen LogP contribution in [0.2, 0.25) is 0 Å². The molecule has 3 fully saturated rings. The molecule has 0 aromatic heterocycles. The predicted molar refractivity (Wildman–Crippen MR) is 69.9 cm³/mol. The van der Waals surface area contributed by atoms with E-state index >= 15 is 0 Å². The maximum absolute atomic E-state index is 6.48. The Labute approximate surface area is 106 Å². The van der Waals surface area contributed by atoms with E-state index in [1.54, 1.807) is 0 Å². The van der Waals surface area contributed by atoms with Crippen LogP contribution in [-0.4, -0.2) is 28.8 Å². The Hall–Kier alpha value is -0.0800. The van der Waals surface area contributed by atoms with Crippen LogP contribution in [-0.2, 0) is 4.74 Å². The Kier molecular flexibility index (Phi) is 3.20. The van der Waals surface area contributed by atoms with Gasteiger partial charge in [-0.05, 0) is 51.9 Å². The molecule has 3 aliphatic heterocycles. The van der Waals surface area contributed by atoms with Crippen molar-refractivity contribution >= 4 is 0 Å². The average molecular weight is 237 g/mol. The van der Waals surface area contributed by atoms with Gasteiger partial charge in [-0.25, -0.2) is 0 Å². The lowest BCUT2D eigenvalue weighted by Crippen LogP contribution is -2.66. The summed E-state index contributed by atoms with van der Waals surface area (Å²) in [6, 6.07) is 1.65. The molecule has 3 heterocycles. The van der Waals surface area contributed by atoms with Crippen LogP contribution in [0, 0.1) is 0 Å². The molecule has 3 aliphatic rings. The van der Waals surface area contributed by atoms with E-state index in [0.717, 1.165) is 12.1 Å². The third kappa shape index (κ3) is 2.04. The standard InChI is InChI=1S/C15H27NO/c1-3-6-14-11-13-8-4-7-12-9-5-10-15(2,17-14)16(12)13/h12-14H,3-11H2,1-2H3/t12-,13+,14-,15+/m1/s1. The van der Waals surface area contributed by atoms with Gasteiger partial charge < -0.3 is 4.74 Å². The van der Waals surface area contributed by atoms with Crippen molar-refractivity contribution in [2.45, 2.75) is 95.5 Å². The van der Waals surface area contributed by atoms with Crippen LogP contribution in [0.1, 0.15) is 71.6 Å². The molecule has 17 heavy (non-hydrogen) atoms. The number of hydrogen-bond acceptors (Lipinski definition) is 2. The zero-order valence-corrected chi connectivity index (χ0v) is 11.5. The third-order valence-electron chi connectivity index (χ3n) is 5.15. The van der Waals surface area contributed by atoms with Crippen molar-refractivity contribution in [3.05, 3.63) is 0 Å². The average Bonchev–Trinajstić information content (AvgIpc) is 2.29. The maximum Gasteiger partial charge on any atom is 0.119 e. The van der Waals surface area contributed by atoms with E-state index in [1.165, 1.54) is 57.8 Å². The molecular weight excluding hydrogens is 210 g/mol. The summed E-state index contributed by atoms with van der Waals surface area (Å²) >= 11 is 0. The number of ether oxygens (including phenoxy) is 1. The Balaban J connectivity index is 1.81. The highest BCUT2D eigenvalue weighted by Crippen LogP contribution is 2.46. The van der Waals surface area contributed by atoms with Crippen molar-refractivity contribution in [2.75, 3.05) is 0 Å². The number of piperidine rings is 2. The van der Waals surface area contributed by atoms with Crippen LogP contribution < -0.4 is 0 Å². The van der Waals surface area contributed by atoms with E-state index in [1.807, 2.05) is 0 Å². The summed E-state index contributed by atoms with van der Waals surface area (Å²) in [4.78, 5) is 2.77. The fraction of sp³-hybridized carbons (Fsp3) is 1.00. The summed E-state index contributed by atoms with van der Waals surface area (Å²) in [7, 11) is 0. The van der Waals surface area contributed by atoms with Gasteiger partial charge in [0, 0.05) is 12.1 Å². The van der Waals surface area contributed by atoms with Gasteiger partial charge in [0.05, 0.1) is 6.10 Å². The van der Waals surface area contributed by atoms with Gasteiger partial charge >= 0.3 is 0 Å². The number of rotatable bonds is 2. The first-order chi connectivity index (χ1) is 8.23. The van der Waals surface area contributed by atoms with Gasteiger partial charge in [-0.2, -0.15) is 0 Å². The van der Waals surface area contributed by atoms with Gasteiger partial charge in [0.1, 0.15) is 5.72 Å². The molecule has 3 saturated heterocycles. The lowest BCUT2D eigenvalue weighted by molar-refractivity contribution is -0.268. The van der Waals surface area contributed by atoms with Crippen LogP contribution >= 0.6 is 0 Å². The predicted octanol–water partition coefficient (Wildman–Crippen LogP) is 3.70. The second-order valence-electron chi connectivity index (χ2n) is 6.48. The Morgan fingerprint density at radius 1 is 1.18 bits per heavy atom. The highest BCUT2D eigenvalue weighted by molar-refractivity contribution is 4.99. The molecule has 0 spiro atoms. The normalized spacial score (nSPS) is 46.6. The van der Waals surface area contributed by atoms with Crippen LogP contribution in [0.4, 0.5) is 0 Å². The summed E-state index contributed by atoms with van der Waals surface area (Å²) in [6.07, 6.45) is 12.6. The van der Waals surface area contributed by atoms with Crippen LogP contribution in [0.3, 0.4) is 0 Å². The molecule has 0 aliphatic carbocycles. The minimum absolute atomic E-state index is 0.0755. The molecule has 98 valence electrons. The topological polar surface area (TPSA) is 12.5 Å². The van der Waals surface area contributed by atoms with E-state index in [2.05, 4.69) is 18.7 Å². The monoisotopic (exact) mass is 237 g/mol. The molecule has 4 atom stereocenters. The van der Waals surface area contributed by atoms with E-state index in [4.69, 9.17) is 4.74 Å². The second kappa shape index (κ2) is 4.55. The first-order valence-corrected chi connectivity index (χ1v) is 7.69. The minimum Gasteiger partial charge on any atom is -0.357 e.